The molecule has 0 radical (unpaired) electrons. The number of benzene rings is 1. The SMILES string of the molecule is Cc1cccc([S-])c1.[Zr]. The van der Waals surface area contributed by atoms with Gasteiger partial charge in [-0.1, -0.05) is 29.8 Å². The molecule has 1 aromatic carbocycles. The van der Waals surface area contributed by atoms with Gasteiger partial charge in [0.25, 0.3) is 0 Å². The van der Waals surface area contributed by atoms with Gasteiger partial charge in [-0.2, -0.15) is 4.90 Å². The molecule has 0 saturated carbocycles. The molecular formula is C7H7SZr-. The van der Waals surface area contributed by atoms with Gasteiger partial charge in [0.1, 0.15) is 0 Å². The van der Waals surface area contributed by atoms with Crippen LogP contribution in [0.3, 0.4) is 0 Å². The van der Waals surface area contributed by atoms with Crippen LogP contribution in [0.2, 0.25) is 0 Å². The molecule has 0 spiro atoms. The average molecular weight is 214 g/mol. The van der Waals surface area contributed by atoms with Crippen LogP contribution in [0.1, 0.15) is 5.56 Å². The first kappa shape index (κ1) is 9.32. The van der Waals surface area contributed by atoms with Gasteiger partial charge < -0.3 is 12.6 Å². The van der Waals surface area contributed by atoms with Crippen LogP contribution in [0.5, 0.6) is 0 Å². The molecule has 0 heterocycles. The summed E-state index contributed by atoms with van der Waals surface area (Å²) in [4.78, 5) is 0.921. The summed E-state index contributed by atoms with van der Waals surface area (Å²) in [7, 11) is 0. The van der Waals surface area contributed by atoms with Crippen LogP contribution < -0.4 is 0 Å². The van der Waals surface area contributed by atoms with E-state index >= 15 is 0 Å². The molecule has 0 atom stereocenters. The van der Waals surface area contributed by atoms with Gasteiger partial charge >= 0.3 is 0 Å². The first-order chi connectivity index (χ1) is 3.79. The topological polar surface area (TPSA) is 0 Å². The molecule has 0 aliphatic rings. The van der Waals surface area contributed by atoms with Crippen molar-refractivity contribution in [3.05, 3.63) is 29.8 Å². The third-order valence-corrected chi connectivity index (χ3v) is 1.24. The second kappa shape index (κ2) is 4.19. The third kappa shape index (κ3) is 3.12. The van der Waals surface area contributed by atoms with Crippen LogP contribution >= 0.6 is 0 Å². The Balaban J connectivity index is 0.000000640. The van der Waals surface area contributed by atoms with Crippen molar-refractivity contribution in [3.63, 3.8) is 0 Å². The van der Waals surface area contributed by atoms with Gasteiger partial charge in [-0.3, -0.25) is 0 Å². The van der Waals surface area contributed by atoms with Crippen molar-refractivity contribution in [1.29, 1.82) is 0 Å². The van der Waals surface area contributed by atoms with Crippen molar-refractivity contribution < 1.29 is 26.2 Å². The van der Waals surface area contributed by atoms with E-state index in [2.05, 4.69) is 0 Å². The van der Waals surface area contributed by atoms with Gasteiger partial charge in [0, 0.05) is 26.2 Å². The molecule has 2 heteroatoms. The van der Waals surface area contributed by atoms with Crippen LogP contribution in [-0.4, -0.2) is 0 Å². The molecule has 0 saturated heterocycles. The molecule has 0 aliphatic carbocycles. The van der Waals surface area contributed by atoms with Gasteiger partial charge in [0.2, 0.25) is 0 Å². The molecular weight excluding hydrogens is 207 g/mol. The van der Waals surface area contributed by atoms with E-state index in [0.717, 1.165) is 4.90 Å². The summed E-state index contributed by atoms with van der Waals surface area (Å²) in [5, 5.41) is 0. The number of hydrogen-bond acceptors (Lipinski definition) is 1. The summed E-state index contributed by atoms with van der Waals surface area (Å²) < 4.78 is 0. The Labute approximate surface area is 80.2 Å². The van der Waals surface area contributed by atoms with E-state index in [1.807, 2.05) is 31.2 Å². The van der Waals surface area contributed by atoms with Crippen molar-refractivity contribution in [1.82, 2.24) is 0 Å². The predicted molar refractivity (Wildman–Crippen MR) is 36.8 cm³/mol. The standard InChI is InChI=1S/C7H8S.Zr/c1-6-3-2-4-7(8)5-6;/h2-5,8H,1H3;/p-1. The number of aryl methyl sites for hydroxylation is 1. The fourth-order valence-electron chi connectivity index (χ4n) is 0.615. The zero-order chi connectivity index (χ0) is 5.98. The van der Waals surface area contributed by atoms with Gasteiger partial charge in [-0.25, -0.2) is 0 Å². The molecule has 0 bridgehead atoms. The molecule has 0 fully saturated rings. The van der Waals surface area contributed by atoms with Crippen LogP contribution in [0.25, 0.3) is 0 Å². The second-order valence-electron chi connectivity index (χ2n) is 1.82. The van der Waals surface area contributed by atoms with Gasteiger partial charge in [0.05, 0.1) is 0 Å². The van der Waals surface area contributed by atoms with Gasteiger partial charge in [-0.05, 0) is 6.92 Å². The summed E-state index contributed by atoms with van der Waals surface area (Å²) in [5.74, 6) is 0. The van der Waals surface area contributed by atoms with Crippen LogP contribution in [0, 0.1) is 6.92 Å². The Morgan fingerprint density at radius 1 is 1.33 bits per heavy atom. The maximum atomic E-state index is 4.90. The predicted octanol–water partition coefficient (Wildman–Crippen LogP) is 1.90. The van der Waals surface area contributed by atoms with Crippen molar-refractivity contribution in [2.75, 3.05) is 0 Å². The number of rotatable bonds is 0. The van der Waals surface area contributed by atoms with Crippen LogP contribution in [-0.2, 0) is 38.8 Å². The van der Waals surface area contributed by atoms with E-state index in [1.165, 1.54) is 5.56 Å². The normalized spacial score (nSPS) is 8.11. The maximum absolute atomic E-state index is 4.90. The Hall–Kier alpha value is 0.323. The maximum Gasteiger partial charge on any atom is 0 e. The first-order valence-electron chi connectivity index (χ1n) is 2.53. The van der Waals surface area contributed by atoms with E-state index in [9.17, 15) is 0 Å². The fraction of sp³-hybridized carbons (Fsp3) is 0.143. The van der Waals surface area contributed by atoms with Crippen molar-refractivity contribution in [3.8, 4) is 0 Å². The molecule has 0 aliphatic heterocycles. The second-order valence-corrected chi connectivity index (χ2v) is 2.29. The molecule has 9 heavy (non-hydrogen) atoms. The van der Waals surface area contributed by atoms with E-state index < -0.39 is 0 Å². The summed E-state index contributed by atoms with van der Waals surface area (Å²) >= 11 is 4.90. The molecule has 46 valence electrons. The Morgan fingerprint density at radius 2 is 2.00 bits per heavy atom. The molecule has 1 aromatic rings. The van der Waals surface area contributed by atoms with Gasteiger partial charge in [0.15, 0.2) is 0 Å². The summed E-state index contributed by atoms with van der Waals surface area (Å²) in [6.07, 6.45) is 0. The average Bonchev–Trinajstić information content (AvgIpc) is 1.64. The first-order valence-corrected chi connectivity index (χ1v) is 2.93. The molecule has 1 rings (SSSR count). The quantitative estimate of drug-likeness (QED) is 0.595. The van der Waals surface area contributed by atoms with Crippen LogP contribution in [0.15, 0.2) is 29.2 Å². The minimum absolute atomic E-state index is 0. The van der Waals surface area contributed by atoms with E-state index in [4.69, 9.17) is 12.6 Å². The Bertz CT molecular complexity index is 169. The van der Waals surface area contributed by atoms with E-state index in [0.29, 0.717) is 0 Å². The Kier molecular flexibility index (Phi) is 4.34. The molecule has 0 nitrogen and oxygen atoms in total. The third-order valence-electron chi connectivity index (χ3n) is 0.990. The van der Waals surface area contributed by atoms with E-state index in [-0.39, 0.29) is 26.2 Å². The largest absolute Gasteiger partial charge is 0.780 e. The van der Waals surface area contributed by atoms with Crippen molar-refractivity contribution in [2.45, 2.75) is 11.8 Å². The van der Waals surface area contributed by atoms with Crippen molar-refractivity contribution in [2.24, 2.45) is 0 Å². The summed E-state index contributed by atoms with van der Waals surface area (Å²) in [6.45, 7) is 2.04. The monoisotopic (exact) mass is 213 g/mol. The van der Waals surface area contributed by atoms with Crippen LogP contribution in [0.4, 0.5) is 0 Å². The van der Waals surface area contributed by atoms with E-state index in [1.54, 1.807) is 0 Å². The minimum atomic E-state index is 0. The van der Waals surface area contributed by atoms with Crippen molar-refractivity contribution >= 4 is 12.6 Å². The fourth-order valence-corrected chi connectivity index (χ4v) is 0.880. The smallest absolute Gasteiger partial charge is 0 e. The molecule has 0 amide bonds. The molecule has 0 N–H and O–H groups in total. The Morgan fingerprint density at radius 3 is 2.33 bits per heavy atom. The minimum Gasteiger partial charge on any atom is -0.780 e. The summed E-state index contributed by atoms with van der Waals surface area (Å²) in [5.41, 5.74) is 1.23. The van der Waals surface area contributed by atoms with Gasteiger partial charge in [-0.15, -0.1) is 0 Å². The molecule has 0 unspecified atom stereocenters. The summed E-state index contributed by atoms with van der Waals surface area (Å²) in [6, 6.07) is 7.91. The zero-order valence-electron chi connectivity index (χ0n) is 5.22. The zero-order valence-corrected chi connectivity index (χ0v) is 8.49. The molecule has 0 aromatic heterocycles. The number of hydrogen-bond donors (Lipinski definition) is 0.